The molecule has 50 heavy (non-hydrogen) atoms. The molecule has 0 amide bonds. The summed E-state index contributed by atoms with van der Waals surface area (Å²) < 4.78 is 50.7. The van der Waals surface area contributed by atoms with Gasteiger partial charge in [0.25, 0.3) is 0 Å². The summed E-state index contributed by atoms with van der Waals surface area (Å²) in [5.74, 6) is -0.235. The summed E-state index contributed by atoms with van der Waals surface area (Å²) in [6.45, 7) is 1.42. The van der Waals surface area contributed by atoms with Gasteiger partial charge in [0.15, 0.2) is 11.4 Å². The van der Waals surface area contributed by atoms with Crippen molar-refractivity contribution >= 4 is 19.2 Å². The number of nitriles is 2. The van der Waals surface area contributed by atoms with Crippen LogP contribution < -0.4 is 5.73 Å². The smallest absolute Gasteiger partial charge is 0.382 e. The molecule has 1 aromatic carbocycles. The highest BCUT2D eigenvalue weighted by atomic mass is 31.2. The van der Waals surface area contributed by atoms with Gasteiger partial charge in [0.1, 0.15) is 30.3 Å². The zero-order chi connectivity index (χ0) is 36.2. The Morgan fingerprint density at radius 3 is 2.34 bits per heavy atom. The van der Waals surface area contributed by atoms with Gasteiger partial charge in [-0.25, -0.2) is 18.5 Å². The number of fused-ring (bicyclic) bond motifs is 1. The highest BCUT2D eigenvalue weighted by Gasteiger charge is 2.35. The standard InChI is InChI=1S/C36H52FN6O6P/c1-3-4-5-6-7-8-9-10-11-12-13-14-15-33(47-24-30-20-29(23-38)21-31(37)22-30)25-48-50(44,45)49-27-36(26-39,46-2)19-18-32-16-17-34-35(40)41-28-42-43(32)34/h16-17,20-22,28,33H,3-15,18-19,24-25,27H2,1-2H3,(H,44,45)(H2,40,41,42)/t33-,36?/m0/s1. The lowest BCUT2D eigenvalue weighted by molar-refractivity contribution is -0.0292. The number of methoxy groups -OCH3 is 1. The topological polar surface area (TPSA) is 178 Å². The molecule has 2 unspecified atom stereocenters. The second-order valence-electron chi connectivity index (χ2n) is 12.7. The average molecular weight is 715 g/mol. The zero-order valence-corrected chi connectivity index (χ0v) is 30.3. The maximum absolute atomic E-state index is 14.0. The van der Waals surface area contributed by atoms with Crippen molar-refractivity contribution in [2.45, 2.75) is 122 Å². The lowest BCUT2D eigenvalue weighted by atomic mass is 9.99. The molecule has 2 heterocycles. The molecule has 0 spiro atoms. The molecule has 14 heteroatoms. The molecule has 0 aliphatic rings. The second kappa shape index (κ2) is 21.7. The first kappa shape index (κ1) is 41.0. The van der Waals surface area contributed by atoms with Gasteiger partial charge in [0, 0.05) is 12.8 Å². The molecule has 0 saturated heterocycles. The van der Waals surface area contributed by atoms with Crippen molar-refractivity contribution in [2.75, 3.05) is 26.1 Å². The summed E-state index contributed by atoms with van der Waals surface area (Å²) >= 11 is 0. The van der Waals surface area contributed by atoms with Crippen molar-refractivity contribution in [3.8, 4) is 12.1 Å². The van der Waals surface area contributed by atoms with Gasteiger partial charge in [0.05, 0.1) is 31.0 Å². The molecule has 12 nitrogen and oxygen atoms in total. The third kappa shape index (κ3) is 14.1. The van der Waals surface area contributed by atoms with Gasteiger partial charge in [-0.3, -0.25) is 9.05 Å². The molecule has 0 fully saturated rings. The zero-order valence-electron chi connectivity index (χ0n) is 29.4. The van der Waals surface area contributed by atoms with Crippen LogP contribution in [0, 0.1) is 28.5 Å². The first-order valence-corrected chi connectivity index (χ1v) is 19.1. The Kier molecular flexibility index (Phi) is 17.8. The van der Waals surface area contributed by atoms with Gasteiger partial charge in [0.2, 0.25) is 0 Å². The summed E-state index contributed by atoms with van der Waals surface area (Å²) in [4.78, 5) is 14.5. The Morgan fingerprint density at radius 2 is 1.70 bits per heavy atom. The minimum Gasteiger partial charge on any atom is -0.382 e. The van der Waals surface area contributed by atoms with Gasteiger partial charge >= 0.3 is 7.82 Å². The fraction of sp³-hybridized carbons (Fsp3) is 0.611. The van der Waals surface area contributed by atoms with Crippen LogP contribution in [0.3, 0.4) is 0 Å². The van der Waals surface area contributed by atoms with E-state index >= 15 is 0 Å². The predicted octanol–water partition coefficient (Wildman–Crippen LogP) is 7.97. The van der Waals surface area contributed by atoms with Crippen molar-refractivity contribution in [3.63, 3.8) is 0 Å². The van der Waals surface area contributed by atoms with E-state index in [0.29, 0.717) is 29.7 Å². The largest absolute Gasteiger partial charge is 0.472 e. The minimum atomic E-state index is -4.64. The second-order valence-corrected chi connectivity index (χ2v) is 14.1. The van der Waals surface area contributed by atoms with Crippen molar-refractivity contribution in [2.24, 2.45) is 0 Å². The minimum absolute atomic E-state index is 0.0124. The van der Waals surface area contributed by atoms with Gasteiger partial charge in [-0.15, -0.1) is 0 Å². The number of phosphoric ester groups is 1. The quantitative estimate of drug-likeness (QED) is 0.0608. The number of nitrogens with two attached hydrogens (primary N) is 1. The SMILES string of the molecule is CCCCCCCCCCCCCC[C@@H](COP(=O)(O)OCC(C#N)(CCc1ccc2c(N)ncnn12)OC)OCc1cc(F)cc(C#N)c1. The number of phosphoric acid groups is 1. The van der Waals surface area contributed by atoms with Crippen LogP contribution in [0.5, 0.6) is 0 Å². The molecular weight excluding hydrogens is 662 g/mol. The first-order chi connectivity index (χ1) is 24.1. The van der Waals surface area contributed by atoms with Crippen LogP contribution >= 0.6 is 7.82 Å². The molecule has 0 aliphatic carbocycles. The highest BCUT2D eigenvalue weighted by molar-refractivity contribution is 7.47. The Labute approximate surface area is 295 Å². The van der Waals surface area contributed by atoms with Crippen LogP contribution in [-0.4, -0.2) is 51.5 Å². The van der Waals surface area contributed by atoms with E-state index in [0.717, 1.165) is 37.4 Å². The summed E-state index contributed by atoms with van der Waals surface area (Å²) in [6.07, 6.45) is 16.0. The number of ether oxygens (including phenoxy) is 2. The van der Waals surface area contributed by atoms with Crippen LogP contribution in [0.15, 0.2) is 36.7 Å². The molecule has 3 aromatic rings. The number of nitrogens with zero attached hydrogens (tertiary/aromatic N) is 5. The highest BCUT2D eigenvalue weighted by Crippen LogP contribution is 2.45. The normalized spacial score (nSPS) is 14.5. The Balaban J connectivity index is 1.51. The number of unbranched alkanes of at least 4 members (excludes halogenated alkanes) is 11. The number of aromatic nitrogens is 3. The molecule has 3 rings (SSSR count). The van der Waals surface area contributed by atoms with Gasteiger partial charge < -0.3 is 20.1 Å². The Bertz CT molecular complexity index is 1590. The third-order valence-corrected chi connectivity index (χ3v) is 9.71. The van der Waals surface area contributed by atoms with E-state index in [1.807, 2.05) is 6.07 Å². The molecule has 0 aliphatic heterocycles. The fourth-order valence-corrected chi connectivity index (χ4v) is 6.53. The van der Waals surface area contributed by atoms with Crippen molar-refractivity contribution in [1.29, 1.82) is 10.5 Å². The Hall–Kier alpha value is -3.42. The maximum atomic E-state index is 14.0. The van der Waals surface area contributed by atoms with Gasteiger partial charge in [-0.05, 0) is 55.2 Å². The number of nitrogen functional groups attached to an aromatic ring is 1. The van der Waals surface area contributed by atoms with Gasteiger partial charge in [-0.2, -0.15) is 15.6 Å². The molecular formula is C36H52FN6O6P. The monoisotopic (exact) mass is 714 g/mol. The van der Waals surface area contributed by atoms with E-state index in [1.54, 1.807) is 16.6 Å². The molecule has 0 saturated carbocycles. The van der Waals surface area contributed by atoms with Crippen molar-refractivity contribution in [3.05, 3.63) is 59.3 Å². The van der Waals surface area contributed by atoms with E-state index in [2.05, 4.69) is 23.1 Å². The average Bonchev–Trinajstić information content (AvgIpc) is 3.54. The van der Waals surface area contributed by atoms with Crippen LogP contribution in [0.4, 0.5) is 10.2 Å². The molecule has 3 N–H and O–H groups in total. The number of aryl methyl sites for hydroxylation is 1. The van der Waals surface area contributed by atoms with Crippen LogP contribution in [-0.2, 0) is 36.1 Å². The fourth-order valence-electron chi connectivity index (χ4n) is 5.73. The summed E-state index contributed by atoms with van der Waals surface area (Å²) in [5, 5.41) is 23.4. The van der Waals surface area contributed by atoms with E-state index in [9.17, 15) is 24.4 Å². The molecule has 2 aromatic heterocycles. The van der Waals surface area contributed by atoms with Crippen LogP contribution in [0.25, 0.3) is 5.52 Å². The van der Waals surface area contributed by atoms with E-state index in [1.165, 1.54) is 76.9 Å². The molecule has 3 atom stereocenters. The van der Waals surface area contributed by atoms with E-state index in [4.69, 9.17) is 24.3 Å². The van der Waals surface area contributed by atoms with E-state index < -0.39 is 32.0 Å². The van der Waals surface area contributed by atoms with Crippen molar-refractivity contribution in [1.82, 2.24) is 14.6 Å². The Morgan fingerprint density at radius 1 is 1.02 bits per heavy atom. The van der Waals surface area contributed by atoms with Crippen molar-refractivity contribution < 1.29 is 32.4 Å². The predicted molar refractivity (Wildman–Crippen MR) is 188 cm³/mol. The van der Waals surface area contributed by atoms with Crippen LogP contribution in [0.2, 0.25) is 0 Å². The number of anilines is 1. The molecule has 0 radical (unpaired) electrons. The molecule has 0 bridgehead atoms. The maximum Gasteiger partial charge on any atom is 0.472 e. The summed E-state index contributed by atoms with van der Waals surface area (Å²) in [6, 6.07) is 11.5. The third-order valence-electron chi connectivity index (χ3n) is 8.78. The number of rotatable bonds is 26. The lowest BCUT2D eigenvalue weighted by Gasteiger charge is -2.26. The van der Waals surface area contributed by atoms with Gasteiger partial charge in [-0.1, -0.05) is 84.0 Å². The number of benzene rings is 1. The summed E-state index contributed by atoms with van der Waals surface area (Å²) in [7, 11) is -3.31. The summed E-state index contributed by atoms with van der Waals surface area (Å²) in [5.41, 5.74) is 6.37. The van der Waals surface area contributed by atoms with E-state index in [-0.39, 0.29) is 25.2 Å². The lowest BCUT2D eigenvalue weighted by Crippen LogP contribution is -2.36. The number of halogens is 1. The molecule has 274 valence electrons. The number of hydrogen-bond donors (Lipinski definition) is 2. The number of hydrogen-bond acceptors (Lipinski definition) is 10. The first-order valence-electron chi connectivity index (χ1n) is 17.6. The van der Waals surface area contributed by atoms with Crippen LogP contribution in [0.1, 0.15) is 114 Å².